The fourth-order valence-electron chi connectivity index (χ4n) is 0.405. The summed E-state index contributed by atoms with van der Waals surface area (Å²) in [5.41, 5.74) is 0. The number of nitrogens with zero attached hydrogens (tertiary/aromatic N) is 4. The maximum Gasteiger partial charge on any atom is 0.138 e. The lowest BCUT2D eigenvalue weighted by Gasteiger charge is -1.98. The molecule has 0 unspecified atom stereocenters. The first-order chi connectivity index (χ1) is 3.80. The first-order valence-electron chi connectivity index (χ1n) is 2.53. The summed E-state index contributed by atoms with van der Waals surface area (Å²) in [6.07, 6.45) is 1.60. The average Bonchev–Trinajstić information content (AvgIpc) is 2.12. The Labute approximate surface area is 47.5 Å². The molecule has 0 amide bonds. The van der Waals surface area contributed by atoms with E-state index in [1.54, 1.807) is 11.0 Å². The fourth-order valence-corrected chi connectivity index (χ4v) is 0.405. The lowest BCUT2D eigenvalue weighted by molar-refractivity contribution is 0.514. The molecule has 0 atom stereocenters. The van der Waals surface area contributed by atoms with Crippen LogP contribution in [-0.2, 0) is 0 Å². The molecular formula is C4H8N4. The third kappa shape index (κ3) is 0.828. The van der Waals surface area contributed by atoms with E-state index >= 15 is 0 Å². The Morgan fingerprint density at radius 2 is 2.25 bits per heavy atom. The van der Waals surface area contributed by atoms with Crippen LogP contribution in [-0.4, -0.2) is 20.2 Å². The van der Waals surface area contributed by atoms with Crippen molar-refractivity contribution >= 4 is 0 Å². The Balaban J connectivity index is 2.77. The average molecular weight is 112 g/mol. The zero-order chi connectivity index (χ0) is 5.98. The second kappa shape index (κ2) is 1.90. The summed E-state index contributed by atoms with van der Waals surface area (Å²) in [6.45, 7) is 4.05. The van der Waals surface area contributed by atoms with E-state index in [0.29, 0.717) is 6.04 Å². The minimum absolute atomic E-state index is 0.366. The minimum Gasteiger partial charge on any atom is -0.230 e. The Kier molecular flexibility index (Phi) is 1.24. The topological polar surface area (TPSA) is 43.6 Å². The number of hydrogen-bond acceptors (Lipinski definition) is 3. The van der Waals surface area contributed by atoms with Gasteiger partial charge in [-0.05, 0) is 24.3 Å². The van der Waals surface area contributed by atoms with Crippen LogP contribution < -0.4 is 0 Å². The summed E-state index contributed by atoms with van der Waals surface area (Å²) in [5, 5.41) is 10.6. The molecule has 0 aliphatic rings. The fraction of sp³-hybridized carbons (Fsp3) is 0.750. The van der Waals surface area contributed by atoms with E-state index in [1.807, 2.05) is 13.8 Å². The number of rotatable bonds is 1. The summed E-state index contributed by atoms with van der Waals surface area (Å²) in [6, 6.07) is 0.366. The molecule has 0 spiro atoms. The van der Waals surface area contributed by atoms with Crippen molar-refractivity contribution in [3.05, 3.63) is 6.33 Å². The molecule has 0 aliphatic heterocycles. The van der Waals surface area contributed by atoms with Gasteiger partial charge in [-0.3, -0.25) is 0 Å². The highest BCUT2D eigenvalue weighted by atomic mass is 15.5. The van der Waals surface area contributed by atoms with E-state index < -0.39 is 0 Å². The van der Waals surface area contributed by atoms with Gasteiger partial charge in [-0.2, -0.15) is 0 Å². The molecule has 0 saturated carbocycles. The SMILES string of the molecule is CC(C)n1cnnn1. The van der Waals surface area contributed by atoms with Gasteiger partial charge in [-0.1, -0.05) is 0 Å². The van der Waals surface area contributed by atoms with Crippen LogP contribution in [0.5, 0.6) is 0 Å². The largest absolute Gasteiger partial charge is 0.230 e. The van der Waals surface area contributed by atoms with Crippen molar-refractivity contribution < 1.29 is 0 Å². The smallest absolute Gasteiger partial charge is 0.138 e. The van der Waals surface area contributed by atoms with Crippen molar-refractivity contribution in [1.82, 2.24) is 20.2 Å². The molecule has 0 fully saturated rings. The quantitative estimate of drug-likeness (QED) is 0.523. The van der Waals surface area contributed by atoms with E-state index in [9.17, 15) is 0 Å². The maximum absolute atomic E-state index is 3.67. The molecule has 1 heterocycles. The van der Waals surface area contributed by atoms with E-state index in [1.165, 1.54) is 0 Å². The molecule has 0 bridgehead atoms. The molecule has 4 nitrogen and oxygen atoms in total. The van der Waals surface area contributed by atoms with Crippen molar-refractivity contribution in [2.75, 3.05) is 0 Å². The van der Waals surface area contributed by atoms with E-state index in [-0.39, 0.29) is 0 Å². The van der Waals surface area contributed by atoms with E-state index in [4.69, 9.17) is 0 Å². The van der Waals surface area contributed by atoms with Crippen LogP contribution in [0, 0.1) is 0 Å². The summed E-state index contributed by atoms with van der Waals surface area (Å²) in [5.74, 6) is 0. The van der Waals surface area contributed by atoms with Crippen LogP contribution in [0.1, 0.15) is 19.9 Å². The van der Waals surface area contributed by atoms with Gasteiger partial charge in [0.25, 0.3) is 0 Å². The van der Waals surface area contributed by atoms with Gasteiger partial charge >= 0.3 is 0 Å². The third-order valence-corrected chi connectivity index (χ3v) is 0.894. The maximum atomic E-state index is 3.67. The second-order valence-electron chi connectivity index (χ2n) is 1.88. The van der Waals surface area contributed by atoms with E-state index in [2.05, 4.69) is 15.5 Å². The monoisotopic (exact) mass is 112 g/mol. The predicted octanol–water partition coefficient (Wildman–Crippen LogP) is 0.254. The molecule has 0 aromatic carbocycles. The highest BCUT2D eigenvalue weighted by Crippen LogP contribution is 1.95. The molecule has 44 valence electrons. The molecule has 0 saturated heterocycles. The van der Waals surface area contributed by atoms with Crippen LogP contribution in [0.2, 0.25) is 0 Å². The zero-order valence-corrected chi connectivity index (χ0v) is 4.94. The van der Waals surface area contributed by atoms with Gasteiger partial charge in [-0.25, -0.2) is 4.68 Å². The first-order valence-corrected chi connectivity index (χ1v) is 2.53. The zero-order valence-electron chi connectivity index (χ0n) is 4.94. The molecule has 1 rings (SSSR count). The van der Waals surface area contributed by atoms with Gasteiger partial charge < -0.3 is 0 Å². The van der Waals surface area contributed by atoms with E-state index in [0.717, 1.165) is 0 Å². The lowest BCUT2D eigenvalue weighted by Crippen LogP contribution is -2.00. The van der Waals surface area contributed by atoms with Gasteiger partial charge in [0.15, 0.2) is 0 Å². The number of tetrazole rings is 1. The van der Waals surface area contributed by atoms with Crippen LogP contribution in [0.25, 0.3) is 0 Å². The Hall–Kier alpha value is -0.930. The second-order valence-corrected chi connectivity index (χ2v) is 1.88. The molecule has 0 N–H and O–H groups in total. The summed E-state index contributed by atoms with van der Waals surface area (Å²) >= 11 is 0. The van der Waals surface area contributed by atoms with Gasteiger partial charge in [0.2, 0.25) is 0 Å². The van der Waals surface area contributed by atoms with Crippen molar-refractivity contribution in [1.29, 1.82) is 0 Å². The van der Waals surface area contributed by atoms with Crippen LogP contribution in [0.3, 0.4) is 0 Å². The Morgan fingerprint density at radius 1 is 1.50 bits per heavy atom. The minimum atomic E-state index is 0.366. The summed E-state index contributed by atoms with van der Waals surface area (Å²) < 4.78 is 1.69. The van der Waals surface area contributed by atoms with Crippen LogP contribution >= 0.6 is 0 Å². The molecule has 8 heavy (non-hydrogen) atoms. The molecule has 1 aromatic heterocycles. The van der Waals surface area contributed by atoms with Crippen LogP contribution in [0.15, 0.2) is 6.33 Å². The van der Waals surface area contributed by atoms with Gasteiger partial charge in [0.1, 0.15) is 6.33 Å². The summed E-state index contributed by atoms with van der Waals surface area (Å²) in [7, 11) is 0. The van der Waals surface area contributed by atoms with Crippen LogP contribution in [0.4, 0.5) is 0 Å². The molecular weight excluding hydrogens is 104 g/mol. The normalized spacial score (nSPS) is 10.4. The standard InChI is InChI=1S/C4H8N4/c1-4(2)8-3-5-6-7-8/h3-4H,1-2H3. The van der Waals surface area contributed by atoms with Crippen molar-refractivity contribution in [3.63, 3.8) is 0 Å². The lowest BCUT2D eigenvalue weighted by atomic mass is 10.4. The molecule has 4 heteroatoms. The van der Waals surface area contributed by atoms with Gasteiger partial charge in [0, 0.05) is 6.04 Å². The van der Waals surface area contributed by atoms with Gasteiger partial charge in [0.05, 0.1) is 0 Å². The Bertz CT molecular complexity index is 143. The first kappa shape index (κ1) is 5.21. The Morgan fingerprint density at radius 3 is 2.50 bits per heavy atom. The van der Waals surface area contributed by atoms with Crippen molar-refractivity contribution in [2.45, 2.75) is 19.9 Å². The third-order valence-electron chi connectivity index (χ3n) is 0.894. The highest BCUT2D eigenvalue weighted by Gasteiger charge is 1.94. The van der Waals surface area contributed by atoms with Crippen molar-refractivity contribution in [3.8, 4) is 0 Å². The van der Waals surface area contributed by atoms with Gasteiger partial charge in [-0.15, -0.1) is 5.10 Å². The van der Waals surface area contributed by atoms with Crippen molar-refractivity contribution in [2.24, 2.45) is 0 Å². The number of aromatic nitrogens is 4. The molecule has 0 aliphatic carbocycles. The predicted molar refractivity (Wildman–Crippen MR) is 28.2 cm³/mol. The highest BCUT2D eigenvalue weighted by molar-refractivity contribution is 4.52. The molecule has 0 radical (unpaired) electrons. The molecule has 1 aromatic rings. The summed E-state index contributed by atoms with van der Waals surface area (Å²) in [4.78, 5) is 0. The number of hydrogen-bond donors (Lipinski definition) is 0.